The van der Waals surface area contributed by atoms with Gasteiger partial charge in [-0.25, -0.2) is 0 Å². The van der Waals surface area contributed by atoms with Crippen molar-refractivity contribution in [1.29, 1.82) is 0 Å². The average molecular weight is 354 g/mol. The number of nitrogens with one attached hydrogen (secondary N) is 1. The predicted octanol–water partition coefficient (Wildman–Crippen LogP) is 3.26. The molecule has 4 heteroatoms. The van der Waals surface area contributed by atoms with Gasteiger partial charge >= 0.3 is 0 Å². The van der Waals surface area contributed by atoms with Gasteiger partial charge in [0.25, 0.3) is 0 Å². The Balaban J connectivity index is 1.52. The highest BCUT2D eigenvalue weighted by atomic mass is 16.2. The van der Waals surface area contributed by atoms with Crippen LogP contribution in [0, 0.1) is 0 Å². The van der Waals surface area contributed by atoms with Gasteiger partial charge in [0.2, 0.25) is 5.91 Å². The Morgan fingerprint density at radius 1 is 1.00 bits per heavy atom. The van der Waals surface area contributed by atoms with Crippen molar-refractivity contribution in [1.82, 2.24) is 15.1 Å². The molecule has 26 heavy (non-hydrogen) atoms. The van der Waals surface area contributed by atoms with E-state index in [2.05, 4.69) is 78.4 Å². The molecule has 1 aliphatic heterocycles. The molecule has 0 radical (unpaired) electrons. The van der Waals surface area contributed by atoms with Gasteiger partial charge in [-0.2, -0.15) is 0 Å². The third-order valence-electron chi connectivity index (χ3n) is 5.47. The van der Waals surface area contributed by atoms with E-state index in [0.717, 1.165) is 39.1 Å². The number of hydrogen-bond donors (Lipinski definition) is 1. The summed E-state index contributed by atoms with van der Waals surface area (Å²) < 4.78 is 0. The summed E-state index contributed by atoms with van der Waals surface area (Å²) >= 11 is 0. The lowest BCUT2D eigenvalue weighted by Crippen LogP contribution is -2.52. The van der Waals surface area contributed by atoms with Crippen molar-refractivity contribution in [3.8, 4) is 0 Å². The summed E-state index contributed by atoms with van der Waals surface area (Å²) in [4.78, 5) is 17.0. The van der Waals surface area contributed by atoms with Crippen molar-refractivity contribution in [3.05, 3.63) is 48.0 Å². The van der Waals surface area contributed by atoms with E-state index in [1.807, 2.05) is 0 Å². The van der Waals surface area contributed by atoms with E-state index < -0.39 is 0 Å². The summed E-state index contributed by atoms with van der Waals surface area (Å²) in [6.45, 7) is 11.7. The van der Waals surface area contributed by atoms with Gasteiger partial charge < -0.3 is 5.32 Å². The van der Waals surface area contributed by atoms with Gasteiger partial charge in [0, 0.05) is 38.3 Å². The van der Waals surface area contributed by atoms with Gasteiger partial charge in [-0.3, -0.25) is 14.6 Å². The number of fused-ring (bicyclic) bond motifs is 1. The van der Waals surface area contributed by atoms with Crippen LogP contribution in [0.25, 0.3) is 10.8 Å². The lowest BCUT2D eigenvalue weighted by atomic mass is 10.0. The summed E-state index contributed by atoms with van der Waals surface area (Å²) in [7, 11) is 0. The van der Waals surface area contributed by atoms with Crippen LogP contribution in [0.5, 0.6) is 0 Å². The van der Waals surface area contributed by atoms with Crippen molar-refractivity contribution in [2.24, 2.45) is 0 Å². The number of piperazine rings is 1. The summed E-state index contributed by atoms with van der Waals surface area (Å²) in [6, 6.07) is 15.1. The monoisotopic (exact) mass is 353 g/mol. The molecule has 0 aromatic heterocycles. The zero-order valence-electron chi connectivity index (χ0n) is 16.3. The first-order valence-electron chi connectivity index (χ1n) is 9.69. The summed E-state index contributed by atoms with van der Waals surface area (Å²) in [6.07, 6.45) is 0.942. The molecule has 0 spiro atoms. The topological polar surface area (TPSA) is 35.6 Å². The van der Waals surface area contributed by atoms with Gasteiger partial charge in [0.1, 0.15) is 0 Å². The fraction of sp³-hybridized carbons (Fsp3) is 0.500. The molecular formula is C22H31N3O. The zero-order valence-corrected chi connectivity index (χ0v) is 16.3. The van der Waals surface area contributed by atoms with Crippen LogP contribution in [0.2, 0.25) is 0 Å². The number of rotatable bonds is 6. The lowest BCUT2D eigenvalue weighted by molar-refractivity contribution is -0.124. The van der Waals surface area contributed by atoms with Crippen molar-refractivity contribution in [2.75, 3.05) is 32.7 Å². The zero-order chi connectivity index (χ0) is 18.6. The maximum atomic E-state index is 12.2. The highest BCUT2D eigenvalue weighted by Crippen LogP contribution is 2.20. The smallest absolute Gasteiger partial charge is 0.234 e. The normalized spacial score (nSPS) is 16.7. The third-order valence-corrected chi connectivity index (χ3v) is 5.47. The minimum Gasteiger partial charge on any atom is -0.350 e. The van der Waals surface area contributed by atoms with Crippen LogP contribution in [-0.2, 0) is 11.3 Å². The van der Waals surface area contributed by atoms with Crippen LogP contribution in [0.15, 0.2) is 42.5 Å². The fourth-order valence-corrected chi connectivity index (χ4v) is 3.49. The quantitative estimate of drug-likeness (QED) is 0.866. The number of hydrogen-bond acceptors (Lipinski definition) is 3. The second-order valence-electron chi connectivity index (χ2n) is 7.98. The van der Waals surface area contributed by atoms with Gasteiger partial charge in [0.15, 0.2) is 0 Å². The molecule has 0 atom stereocenters. The Kier molecular flexibility index (Phi) is 5.94. The summed E-state index contributed by atoms with van der Waals surface area (Å²) in [5.41, 5.74) is 1.27. The molecular weight excluding hydrogens is 322 g/mol. The first-order chi connectivity index (χ1) is 12.5. The van der Waals surface area contributed by atoms with Crippen LogP contribution in [0.1, 0.15) is 32.8 Å². The molecule has 1 N–H and O–H groups in total. The molecule has 2 aromatic carbocycles. The Hall–Kier alpha value is -1.91. The SMILES string of the molecule is CCC(C)(C)NC(=O)CN1CCN(Cc2cccc3ccccc23)CC1. The largest absolute Gasteiger partial charge is 0.350 e. The standard InChI is InChI=1S/C22H31N3O/c1-4-22(2,3)23-21(26)17-25-14-12-24(13-15-25)16-19-10-7-9-18-8-5-6-11-20(18)19/h5-11H,4,12-17H2,1-3H3,(H,23,26). The van der Waals surface area contributed by atoms with Gasteiger partial charge in [-0.15, -0.1) is 0 Å². The van der Waals surface area contributed by atoms with Crippen molar-refractivity contribution in [2.45, 2.75) is 39.3 Å². The molecule has 2 aromatic rings. The van der Waals surface area contributed by atoms with Crippen LogP contribution in [0.3, 0.4) is 0 Å². The molecule has 4 nitrogen and oxygen atoms in total. The van der Waals surface area contributed by atoms with Gasteiger partial charge in [-0.05, 0) is 36.6 Å². The van der Waals surface area contributed by atoms with E-state index in [1.54, 1.807) is 0 Å². The van der Waals surface area contributed by atoms with Gasteiger partial charge in [0.05, 0.1) is 6.54 Å². The minimum absolute atomic E-state index is 0.118. The third kappa shape index (κ3) is 4.83. The molecule has 0 saturated carbocycles. The van der Waals surface area contributed by atoms with Crippen LogP contribution < -0.4 is 5.32 Å². The van der Waals surface area contributed by atoms with Crippen LogP contribution >= 0.6 is 0 Å². The van der Waals surface area contributed by atoms with Gasteiger partial charge in [-0.1, -0.05) is 49.4 Å². The molecule has 1 heterocycles. The second-order valence-corrected chi connectivity index (χ2v) is 7.98. The Morgan fingerprint density at radius 2 is 1.65 bits per heavy atom. The molecule has 0 bridgehead atoms. The van der Waals surface area contributed by atoms with Crippen molar-refractivity contribution >= 4 is 16.7 Å². The van der Waals surface area contributed by atoms with Crippen LogP contribution in [-0.4, -0.2) is 54.0 Å². The highest BCUT2D eigenvalue weighted by Gasteiger charge is 2.22. The van der Waals surface area contributed by atoms with E-state index in [0.29, 0.717) is 6.54 Å². The maximum absolute atomic E-state index is 12.2. The first kappa shape index (κ1) is 18.9. The summed E-state index contributed by atoms with van der Waals surface area (Å²) in [5, 5.41) is 5.78. The van der Waals surface area contributed by atoms with Crippen molar-refractivity contribution in [3.63, 3.8) is 0 Å². The van der Waals surface area contributed by atoms with Crippen molar-refractivity contribution < 1.29 is 4.79 Å². The number of amides is 1. The van der Waals surface area contributed by atoms with E-state index >= 15 is 0 Å². The molecule has 1 aliphatic rings. The molecule has 140 valence electrons. The minimum atomic E-state index is -0.118. The van der Waals surface area contributed by atoms with E-state index in [4.69, 9.17) is 0 Å². The Labute approximate surface area is 157 Å². The maximum Gasteiger partial charge on any atom is 0.234 e. The Bertz CT molecular complexity index is 743. The number of benzene rings is 2. The number of carbonyl (C=O) groups is 1. The first-order valence-corrected chi connectivity index (χ1v) is 9.69. The lowest BCUT2D eigenvalue weighted by Gasteiger charge is -2.35. The molecule has 1 saturated heterocycles. The van der Waals surface area contributed by atoms with E-state index in [9.17, 15) is 4.79 Å². The molecule has 0 unspecified atom stereocenters. The van der Waals surface area contributed by atoms with E-state index in [-0.39, 0.29) is 11.4 Å². The average Bonchev–Trinajstić information content (AvgIpc) is 2.63. The summed E-state index contributed by atoms with van der Waals surface area (Å²) in [5.74, 6) is 0.138. The molecule has 3 rings (SSSR count). The number of carbonyl (C=O) groups excluding carboxylic acids is 1. The highest BCUT2D eigenvalue weighted by molar-refractivity contribution is 5.85. The van der Waals surface area contributed by atoms with E-state index in [1.165, 1.54) is 16.3 Å². The fourth-order valence-electron chi connectivity index (χ4n) is 3.49. The molecule has 0 aliphatic carbocycles. The van der Waals surface area contributed by atoms with Crippen LogP contribution in [0.4, 0.5) is 0 Å². The predicted molar refractivity (Wildman–Crippen MR) is 108 cm³/mol. The second kappa shape index (κ2) is 8.19. The molecule has 1 fully saturated rings. The Morgan fingerprint density at radius 3 is 2.38 bits per heavy atom. The number of nitrogens with zero attached hydrogens (tertiary/aromatic N) is 2. The molecule has 1 amide bonds.